The molecule has 2 aromatic rings. The van der Waals surface area contributed by atoms with Gasteiger partial charge in [-0.25, -0.2) is 0 Å². The van der Waals surface area contributed by atoms with Crippen LogP contribution in [0.4, 0.5) is 0 Å². The number of phenols is 1. The molecule has 2 aliphatic rings. The maximum Gasteiger partial charge on any atom is 0.257 e. The van der Waals surface area contributed by atoms with E-state index in [1.54, 1.807) is 11.0 Å². The van der Waals surface area contributed by atoms with Crippen LogP contribution in [0, 0.1) is 0 Å². The fourth-order valence-electron chi connectivity index (χ4n) is 3.95. The highest BCUT2D eigenvalue weighted by molar-refractivity contribution is 5.98. The summed E-state index contributed by atoms with van der Waals surface area (Å²) in [7, 11) is 0. The quantitative estimate of drug-likeness (QED) is 0.879. The lowest BCUT2D eigenvalue weighted by Gasteiger charge is -2.37. The van der Waals surface area contributed by atoms with Crippen LogP contribution >= 0.6 is 0 Å². The molecular formula is C22H25NO4. The van der Waals surface area contributed by atoms with Gasteiger partial charge in [-0.3, -0.25) is 4.79 Å². The lowest BCUT2D eigenvalue weighted by molar-refractivity contribution is -0.0692. The van der Waals surface area contributed by atoms with Crippen LogP contribution < -0.4 is 4.74 Å². The van der Waals surface area contributed by atoms with Crippen LogP contribution in [-0.4, -0.2) is 40.7 Å². The molecule has 5 heteroatoms. The molecule has 0 aromatic heterocycles. The molecule has 1 fully saturated rings. The number of fused-ring (bicyclic) bond motifs is 1. The fourth-order valence-corrected chi connectivity index (χ4v) is 3.95. The normalized spacial score (nSPS) is 23.6. The van der Waals surface area contributed by atoms with Gasteiger partial charge in [-0.1, -0.05) is 36.4 Å². The van der Waals surface area contributed by atoms with E-state index in [-0.39, 0.29) is 35.0 Å². The smallest absolute Gasteiger partial charge is 0.257 e. The summed E-state index contributed by atoms with van der Waals surface area (Å²) in [5.41, 5.74) is 1.90. The fraction of sp³-hybridized carbons (Fsp3) is 0.409. The van der Waals surface area contributed by atoms with Crippen molar-refractivity contribution in [1.82, 2.24) is 4.90 Å². The third-order valence-electron chi connectivity index (χ3n) is 5.16. The van der Waals surface area contributed by atoms with Gasteiger partial charge in [0.1, 0.15) is 11.7 Å². The molecule has 0 spiro atoms. The summed E-state index contributed by atoms with van der Waals surface area (Å²) in [5, 5.41) is 10.7. The van der Waals surface area contributed by atoms with Crippen molar-refractivity contribution < 1.29 is 19.4 Å². The number of hydrogen-bond donors (Lipinski definition) is 1. The van der Waals surface area contributed by atoms with Crippen molar-refractivity contribution in [3.63, 3.8) is 0 Å². The second-order valence-corrected chi connectivity index (χ2v) is 8.04. The maximum atomic E-state index is 13.2. The summed E-state index contributed by atoms with van der Waals surface area (Å²) in [6.45, 7) is 6.86. The number of benzene rings is 2. The van der Waals surface area contributed by atoms with E-state index in [1.165, 1.54) is 0 Å². The standard InChI is InChI=1S/C22H25NO4/c1-14-12-23(13-18(26-14)15-7-5-4-6-8-15)21(25)17-10-9-16-11-22(2,3)27-20(16)19(17)24/h4-10,14,18,24H,11-13H2,1-3H3. The molecular weight excluding hydrogens is 342 g/mol. The molecule has 2 aromatic carbocycles. The SMILES string of the molecule is CC1CN(C(=O)c2ccc3c(c2O)OC(C)(C)C3)CC(c2ccccc2)O1. The first kappa shape index (κ1) is 17.9. The molecule has 5 nitrogen and oxygen atoms in total. The molecule has 27 heavy (non-hydrogen) atoms. The minimum atomic E-state index is -0.368. The van der Waals surface area contributed by atoms with Gasteiger partial charge in [-0.2, -0.15) is 0 Å². The number of nitrogens with zero attached hydrogens (tertiary/aromatic N) is 1. The first-order valence-corrected chi connectivity index (χ1v) is 9.37. The van der Waals surface area contributed by atoms with Gasteiger partial charge in [-0.15, -0.1) is 0 Å². The van der Waals surface area contributed by atoms with Crippen molar-refractivity contribution in [2.24, 2.45) is 0 Å². The zero-order valence-electron chi connectivity index (χ0n) is 15.9. The van der Waals surface area contributed by atoms with Crippen molar-refractivity contribution in [2.75, 3.05) is 13.1 Å². The number of phenolic OH excluding ortho intramolecular Hbond substituents is 1. The van der Waals surface area contributed by atoms with Gasteiger partial charge < -0.3 is 19.5 Å². The van der Waals surface area contributed by atoms with Gasteiger partial charge in [0, 0.05) is 18.5 Å². The molecule has 2 unspecified atom stereocenters. The largest absolute Gasteiger partial charge is 0.504 e. The number of aromatic hydroxyl groups is 1. The Bertz CT molecular complexity index is 862. The number of rotatable bonds is 2. The summed E-state index contributed by atoms with van der Waals surface area (Å²) < 4.78 is 11.9. The predicted octanol–water partition coefficient (Wildman–Crippen LogP) is 3.71. The van der Waals surface area contributed by atoms with E-state index in [4.69, 9.17) is 9.47 Å². The molecule has 2 aliphatic heterocycles. The monoisotopic (exact) mass is 367 g/mol. The third-order valence-corrected chi connectivity index (χ3v) is 5.16. The Balaban J connectivity index is 1.60. The van der Waals surface area contributed by atoms with E-state index in [0.717, 1.165) is 17.5 Å². The van der Waals surface area contributed by atoms with Gasteiger partial charge in [-0.05, 0) is 32.4 Å². The van der Waals surface area contributed by atoms with Crippen molar-refractivity contribution in [3.8, 4) is 11.5 Å². The predicted molar refractivity (Wildman–Crippen MR) is 102 cm³/mol. The first-order chi connectivity index (χ1) is 12.8. The molecule has 142 valence electrons. The summed E-state index contributed by atoms with van der Waals surface area (Å²) in [4.78, 5) is 14.9. The summed E-state index contributed by atoms with van der Waals surface area (Å²) in [6.07, 6.45) is 0.458. The number of ether oxygens (including phenoxy) is 2. The maximum absolute atomic E-state index is 13.2. The zero-order chi connectivity index (χ0) is 19.2. The highest BCUT2D eigenvalue weighted by Gasteiger charge is 2.36. The average Bonchev–Trinajstić information content (AvgIpc) is 2.97. The lowest BCUT2D eigenvalue weighted by atomic mass is 9.99. The molecule has 1 amide bonds. The Morgan fingerprint density at radius 3 is 2.63 bits per heavy atom. The Labute approximate surface area is 159 Å². The van der Waals surface area contributed by atoms with Crippen molar-refractivity contribution >= 4 is 5.91 Å². The summed E-state index contributed by atoms with van der Waals surface area (Å²) >= 11 is 0. The topological polar surface area (TPSA) is 59.0 Å². The molecule has 0 saturated carbocycles. The highest BCUT2D eigenvalue weighted by atomic mass is 16.5. The van der Waals surface area contributed by atoms with Crippen LogP contribution in [-0.2, 0) is 11.2 Å². The first-order valence-electron chi connectivity index (χ1n) is 9.37. The second kappa shape index (κ2) is 6.57. The van der Waals surface area contributed by atoms with E-state index in [0.29, 0.717) is 18.8 Å². The zero-order valence-corrected chi connectivity index (χ0v) is 15.9. The van der Waals surface area contributed by atoms with Crippen LogP contribution in [0.5, 0.6) is 11.5 Å². The number of hydrogen-bond acceptors (Lipinski definition) is 4. The van der Waals surface area contributed by atoms with Gasteiger partial charge >= 0.3 is 0 Å². The molecule has 2 heterocycles. The number of amides is 1. The van der Waals surface area contributed by atoms with Gasteiger partial charge in [0.25, 0.3) is 5.91 Å². The third kappa shape index (κ3) is 3.39. The van der Waals surface area contributed by atoms with E-state index < -0.39 is 0 Å². The van der Waals surface area contributed by atoms with E-state index in [9.17, 15) is 9.90 Å². The minimum Gasteiger partial charge on any atom is -0.504 e. The van der Waals surface area contributed by atoms with Crippen LogP contribution in [0.2, 0.25) is 0 Å². The molecule has 0 aliphatic carbocycles. The lowest BCUT2D eigenvalue weighted by Crippen LogP contribution is -2.46. The Hall–Kier alpha value is -2.53. The average molecular weight is 367 g/mol. The molecule has 4 rings (SSSR count). The Morgan fingerprint density at radius 2 is 1.89 bits per heavy atom. The molecule has 1 N–H and O–H groups in total. The number of morpholine rings is 1. The molecule has 0 bridgehead atoms. The Kier molecular flexibility index (Phi) is 4.35. The van der Waals surface area contributed by atoms with E-state index in [1.807, 2.05) is 57.2 Å². The minimum absolute atomic E-state index is 0.0570. The van der Waals surface area contributed by atoms with Crippen molar-refractivity contribution in [3.05, 3.63) is 59.2 Å². The molecule has 2 atom stereocenters. The van der Waals surface area contributed by atoms with Crippen molar-refractivity contribution in [1.29, 1.82) is 0 Å². The summed E-state index contributed by atoms with van der Waals surface area (Å²) in [6, 6.07) is 13.5. The van der Waals surface area contributed by atoms with Gasteiger partial charge in [0.05, 0.1) is 18.2 Å². The van der Waals surface area contributed by atoms with Gasteiger partial charge in [0.15, 0.2) is 11.5 Å². The van der Waals surface area contributed by atoms with E-state index >= 15 is 0 Å². The van der Waals surface area contributed by atoms with Crippen LogP contribution in [0.15, 0.2) is 42.5 Å². The van der Waals surface area contributed by atoms with Crippen LogP contribution in [0.1, 0.15) is 48.4 Å². The van der Waals surface area contributed by atoms with Crippen LogP contribution in [0.25, 0.3) is 0 Å². The summed E-state index contributed by atoms with van der Waals surface area (Å²) in [5.74, 6) is 0.185. The molecule has 1 saturated heterocycles. The molecule has 0 radical (unpaired) electrons. The van der Waals surface area contributed by atoms with Gasteiger partial charge in [0.2, 0.25) is 0 Å². The number of carbonyl (C=O) groups excluding carboxylic acids is 1. The van der Waals surface area contributed by atoms with Crippen LogP contribution in [0.3, 0.4) is 0 Å². The number of carbonyl (C=O) groups is 1. The van der Waals surface area contributed by atoms with Crippen molar-refractivity contribution in [2.45, 2.75) is 45.0 Å². The Morgan fingerprint density at radius 1 is 1.15 bits per heavy atom. The highest BCUT2D eigenvalue weighted by Crippen LogP contribution is 2.43. The van der Waals surface area contributed by atoms with E-state index in [2.05, 4.69) is 0 Å². The second-order valence-electron chi connectivity index (χ2n) is 8.04.